The molecule has 0 aromatic heterocycles. The highest BCUT2D eigenvalue weighted by atomic mass is 35.5. The second-order valence-corrected chi connectivity index (χ2v) is 6.94. The van der Waals surface area contributed by atoms with Gasteiger partial charge in [0.05, 0.1) is 0 Å². The first-order valence-electron chi connectivity index (χ1n) is 8.92. The van der Waals surface area contributed by atoms with Gasteiger partial charge in [0.1, 0.15) is 6.04 Å². The average Bonchev–Trinajstić information content (AvgIpc) is 2.62. The molecule has 0 saturated heterocycles. The van der Waals surface area contributed by atoms with E-state index in [0.29, 0.717) is 6.54 Å². The quantitative estimate of drug-likeness (QED) is 0.829. The van der Waals surface area contributed by atoms with Crippen LogP contribution in [0, 0.1) is 6.92 Å². The van der Waals surface area contributed by atoms with Crippen LogP contribution in [0.25, 0.3) is 0 Å². The van der Waals surface area contributed by atoms with E-state index < -0.39 is 0 Å². The fourth-order valence-electron chi connectivity index (χ4n) is 3.66. The number of carbonyl (C=O) groups excluding carboxylic acids is 1. The van der Waals surface area contributed by atoms with E-state index in [0.717, 1.165) is 30.8 Å². The molecule has 1 unspecified atom stereocenters. The van der Waals surface area contributed by atoms with Gasteiger partial charge in [0.2, 0.25) is 5.91 Å². The third-order valence-electron chi connectivity index (χ3n) is 5.19. The molecule has 2 N–H and O–H groups in total. The Morgan fingerprint density at radius 1 is 1.23 bits per heavy atom. The van der Waals surface area contributed by atoms with Crippen molar-refractivity contribution in [2.45, 2.75) is 39.3 Å². The lowest BCUT2D eigenvalue weighted by atomic mass is 9.98. The van der Waals surface area contributed by atoms with Crippen LogP contribution in [0.4, 0.5) is 11.4 Å². The van der Waals surface area contributed by atoms with Crippen LogP contribution < -0.4 is 10.6 Å². The summed E-state index contributed by atoms with van der Waals surface area (Å²) in [6.07, 6.45) is 2.01. The molecule has 26 heavy (non-hydrogen) atoms. The summed E-state index contributed by atoms with van der Waals surface area (Å²) in [5.74, 6) is 0.138. The summed E-state index contributed by atoms with van der Waals surface area (Å²) in [5, 5.41) is 0. The van der Waals surface area contributed by atoms with Crippen molar-refractivity contribution in [3.05, 3.63) is 59.2 Å². The number of carbonyl (C=O) groups is 1. The summed E-state index contributed by atoms with van der Waals surface area (Å²) in [4.78, 5) is 17.0. The van der Waals surface area contributed by atoms with Crippen LogP contribution in [0.2, 0.25) is 0 Å². The van der Waals surface area contributed by atoms with Crippen LogP contribution in [-0.2, 0) is 17.8 Å². The Hall–Kier alpha value is -2.20. The van der Waals surface area contributed by atoms with Gasteiger partial charge in [-0.2, -0.15) is 0 Å². The Labute approximate surface area is 162 Å². The third kappa shape index (κ3) is 3.96. The molecule has 0 bridgehead atoms. The molecule has 1 amide bonds. The van der Waals surface area contributed by atoms with Gasteiger partial charge in [0.25, 0.3) is 0 Å². The Bertz CT molecular complexity index is 778. The van der Waals surface area contributed by atoms with Crippen molar-refractivity contribution in [2.24, 2.45) is 0 Å². The molecule has 2 aromatic carbocycles. The fourth-order valence-corrected chi connectivity index (χ4v) is 3.66. The number of rotatable bonds is 4. The van der Waals surface area contributed by atoms with Crippen molar-refractivity contribution in [3.8, 4) is 0 Å². The monoisotopic (exact) mass is 373 g/mol. The van der Waals surface area contributed by atoms with Gasteiger partial charge in [-0.25, -0.2) is 0 Å². The maximum atomic E-state index is 13.0. The highest BCUT2D eigenvalue weighted by Crippen LogP contribution is 2.32. The highest BCUT2D eigenvalue weighted by Gasteiger charge is 2.28. The molecule has 140 valence electrons. The topological polar surface area (TPSA) is 49.6 Å². The molecule has 4 nitrogen and oxygen atoms in total. The zero-order chi connectivity index (χ0) is 18.0. The first-order valence-corrected chi connectivity index (χ1v) is 8.92. The normalized spacial score (nSPS) is 14.2. The zero-order valence-electron chi connectivity index (χ0n) is 15.7. The molecule has 1 aliphatic heterocycles. The van der Waals surface area contributed by atoms with Crippen LogP contribution in [0.1, 0.15) is 30.0 Å². The summed E-state index contributed by atoms with van der Waals surface area (Å²) in [7, 11) is 1.88. The lowest BCUT2D eigenvalue weighted by Gasteiger charge is -2.37. The number of amides is 1. The molecule has 2 aromatic rings. The van der Waals surface area contributed by atoms with E-state index in [1.165, 1.54) is 16.7 Å². The van der Waals surface area contributed by atoms with Crippen LogP contribution >= 0.6 is 12.4 Å². The van der Waals surface area contributed by atoms with Crippen molar-refractivity contribution < 1.29 is 4.79 Å². The number of aryl methyl sites for hydroxylation is 1. The molecule has 5 heteroatoms. The summed E-state index contributed by atoms with van der Waals surface area (Å²) in [6.45, 7) is 5.60. The van der Waals surface area contributed by atoms with Crippen molar-refractivity contribution in [3.63, 3.8) is 0 Å². The second-order valence-electron chi connectivity index (χ2n) is 6.94. The van der Waals surface area contributed by atoms with Gasteiger partial charge in [0, 0.05) is 31.5 Å². The Balaban J connectivity index is 0.00000243. The number of nitrogen functional groups attached to an aromatic ring is 1. The first-order chi connectivity index (χ1) is 12.0. The Kier molecular flexibility index (Phi) is 6.54. The molecule has 0 spiro atoms. The van der Waals surface area contributed by atoms with E-state index in [2.05, 4.69) is 30.0 Å². The molecule has 1 atom stereocenters. The number of halogens is 1. The van der Waals surface area contributed by atoms with Crippen LogP contribution in [0.5, 0.6) is 0 Å². The minimum Gasteiger partial charge on any atom is -0.398 e. The number of benzene rings is 2. The summed E-state index contributed by atoms with van der Waals surface area (Å²) < 4.78 is 0. The molecular formula is C21H28ClN3O. The van der Waals surface area contributed by atoms with Gasteiger partial charge in [0.15, 0.2) is 0 Å². The van der Waals surface area contributed by atoms with E-state index in [-0.39, 0.29) is 24.4 Å². The highest BCUT2D eigenvalue weighted by molar-refractivity contribution is 5.86. The van der Waals surface area contributed by atoms with Crippen molar-refractivity contribution in [1.82, 2.24) is 4.90 Å². The average molecular weight is 374 g/mol. The summed E-state index contributed by atoms with van der Waals surface area (Å²) in [5.41, 5.74) is 11.7. The molecule has 0 saturated carbocycles. The van der Waals surface area contributed by atoms with Crippen molar-refractivity contribution in [2.75, 3.05) is 24.2 Å². The molecular weight excluding hydrogens is 346 g/mol. The smallest absolute Gasteiger partial charge is 0.245 e. The molecule has 0 fully saturated rings. The minimum atomic E-state index is -0.199. The van der Waals surface area contributed by atoms with Gasteiger partial charge in [-0.15, -0.1) is 12.4 Å². The van der Waals surface area contributed by atoms with E-state index in [1.54, 1.807) is 0 Å². The number of fused-ring (bicyclic) bond motifs is 1. The standard InChI is InChI=1S/C21H27N3O.ClH/c1-15-8-4-5-9-17(15)14-23(3)21(25)16(2)24-13-7-10-18-19(22)11-6-12-20(18)24;/h4-6,8-9,11-12,16H,7,10,13-14,22H2,1-3H3;1H. The van der Waals surface area contributed by atoms with E-state index >= 15 is 0 Å². The van der Waals surface area contributed by atoms with E-state index in [4.69, 9.17) is 5.73 Å². The number of hydrogen-bond donors (Lipinski definition) is 1. The number of nitrogens with zero attached hydrogens (tertiary/aromatic N) is 2. The SMILES string of the molecule is Cc1ccccc1CN(C)C(=O)C(C)N1CCCc2c(N)cccc21.Cl. The number of hydrogen-bond acceptors (Lipinski definition) is 3. The summed E-state index contributed by atoms with van der Waals surface area (Å²) >= 11 is 0. The second kappa shape index (κ2) is 8.45. The first kappa shape index (κ1) is 20.1. The molecule has 0 radical (unpaired) electrons. The maximum absolute atomic E-state index is 13.0. The largest absolute Gasteiger partial charge is 0.398 e. The fraction of sp³-hybridized carbons (Fsp3) is 0.381. The van der Waals surface area contributed by atoms with E-state index in [9.17, 15) is 4.79 Å². The van der Waals surface area contributed by atoms with Gasteiger partial charge < -0.3 is 15.5 Å². The lowest BCUT2D eigenvalue weighted by Crippen LogP contribution is -2.47. The number of likely N-dealkylation sites (N-methyl/N-ethyl adjacent to an activating group) is 1. The van der Waals surface area contributed by atoms with Gasteiger partial charge >= 0.3 is 0 Å². The lowest BCUT2D eigenvalue weighted by molar-refractivity contribution is -0.131. The van der Waals surface area contributed by atoms with Gasteiger partial charge in [-0.1, -0.05) is 30.3 Å². The molecule has 1 aliphatic rings. The Morgan fingerprint density at radius 2 is 1.96 bits per heavy atom. The molecule has 0 aliphatic carbocycles. The third-order valence-corrected chi connectivity index (χ3v) is 5.19. The number of nitrogens with two attached hydrogens (primary N) is 1. The van der Waals surface area contributed by atoms with Crippen LogP contribution in [0.15, 0.2) is 42.5 Å². The van der Waals surface area contributed by atoms with Gasteiger partial charge in [-0.3, -0.25) is 4.79 Å². The van der Waals surface area contributed by atoms with Crippen molar-refractivity contribution >= 4 is 29.7 Å². The zero-order valence-corrected chi connectivity index (χ0v) is 16.6. The van der Waals surface area contributed by atoms with Gasteiger partial charge in [-0.05, 0) is 55.5 Å². The predicted octanol–water partition coefficient (Wildman–Crippen LogP) is 3.80. The maximum Gasteiger partial charge on any atom is 0.245 e. The van der Waals surface area contributed by atoms with E-state index in [1.807, 2.05) is 43.1 Å². The molecule has 1 heterocycles. The Morgan fingerprint density at radius 3 is 2.69 bits per heavy atom. The minimum absolute atomic E-state index is 0. The summed E-state index contributed by atoms with van der Waals surface area (Å²) in [6, 6.07) is 14.0. The van der Waals surface area contributed by atoms with Crippen LogP contribution in [-0.4, -0.2) is 30.4 Å². The predicted molar refractivity (Wildman–Crippen MR) is 111 cm³/mol. The number of anilines is 2. The molecule has 3 rings (SSSR count). The van der Waals surface area contributed by atoms with Crippen LogP contribution in [0.3, 0.4) is 0 Å². The van der Waals surface area contributed by atoms with Crippen molar-refractivity contribution in [1.29, 1.82) is 0 Å².